The highest BCUT2D eigenvalue weighted by Crippen LogP contribution is 2.22. The third-order valence-electron chi connectivity index (χ3n) is 1.59. The summed E-state index contributed by atoms with van der Waals surface area (Å²) >= 11 is 9.08. The maximum absolute atomic E-state index is 5.80. The van der Waals surface area contributed by atoms with Crippen molar-refractivity contribution in [1.29, 1.82) is 0 Å². The van der Waals surface area contributed by atoms with Crippen LogP contribution in [0.1, 0.15) is 0 Å². The minimum absolute atomic E-state index is 0.452. The van der Waals surface area contributed by atoms with Gasteiger partial charge in [-0.3, -0.25) is 4.40 Å². The number of aromatic nitrogens is 2. The molecule has 0 aliphatic heterocycles. The first-order valence-electron chi connectivity index (χ1n) is 3.27. The molecular formula is C7H5BrClN3. The fourth-order valence-corrected chi connectivity index (χ4v) is 1.69. The lowest BCUT2D eigenvalue weighted by atomic mass is 10.4. The number of fused-ring (bicyclic) bond motifs is 1. The number of pyridine rings is 1. The largest absolute Gasteiger partial charge is 0.369 e. The quantitative estimate of drug-likeness (QED) is 0.775. The van der Waals surface area contributed by atoms with Gasteiger partial charge in [0.05, 0.1) is 5.52 Å². The van der Waals surface area contributed by atoms with Crippen molar-refractivity contribution in [3.63, 3.8) is 0 Å². The van der Waals surface area contributed by atoms with Gasteiger partial charge in [-0.25, -0.2) is 4.98 Å². The first-order chi connectivity index (χ1) is 5.68. The summed E-state index contributed by atoms with van der Waals surface area (Å²) in [7, 11) is 0. The van der Waals surface area contributed by atoms with Crippen molar-refractivity contribution < 1.29 is 0 Å². The van der Waals surface area contributed by atoms with Gasteiger partial charge in [0.15, 0.2) is 0 Å². The van der Waals surface area contributed by atoms with Gasteiger partial charge in [0, 0.05) is 11.2 Å². The molecule has 3 nitrogen and oxygen atoms in total. The van der Waals surface area contributed by atoms with Crippen LogP contribution in [0.15, 0.2) is 22.9 Å². The fraction of sp³-hybridized carbons (Fsp3) is 0. The number of imidazole rings is 1. The Morgan fingerprint density at radius 3 is 3.08 bits per heavy atom. The summed E-state index contributed by atoms with van der Waals surface area (Å²) in [5.41, 5.74) is 6.48. The standard InChI is InChI=1S/C7H5BrClN3/c8-6-5-3-4(9)1-2-12(5)7(10)11-6/h1-3H,(H2,10,11). The maximum atomic E-state index is 5.80. The van der Waals surface area contributed by atoms with E-state index in [0.29, 0.717) is 15.6 Å². The van der Waals surface area contributed by atoms with E-state index >= 15 is 0 Å². The lowest BCUT2D eigenvalue weighted by molar-refractivity contribution is 1.17. The number of hydrogen-bond acceptors (Lipinski definition) is 2. The molecule has 2 heterocycles. The molecule has 0 aromatic carbocycles. The Hall–Kier alpha value is -0.740. The number of hydrogen-bond donors (Lipinski definition) is 1. The first kappa shape index (κ1) is 7.89. The molecule has 0 atom stereocenters. The number of nitrogens with zero attached hydrogens (tertiary/aromatic N) is 2. The lowest BCUT2D eigenvalue weighted by Gasteiger charge is -1.95. The monoisotopic (exact) mass is 245 g/mol. The Kier molecular flexibility index (Phi) is 1.73. The molecule has 2 aromatic rings. The Bertz CT molecular complexity index is 437. The molecule has 0 aliphatic carbocycles. The zero-order valence-corrected chi connectivity index (χ0v) is 8.30. The molecule has 0 saturated heterocycles. The topological polar surface area (TPSA) is 43.3 Å². The van der Waals surface area contributed by atoms with E-state index in [0.717, 1.165) is 5.52 Å². The van der Waals surface area contributed by atoms with Crippen LogP contribution in [0.5, 0.6) is 0 Å². The van der Waals surface area contributed by atoms with Crippen molar-refractivity contribution in [3.05, 3.63) is 28.0 Å². The number of anilines is 1. The molecule has 12 heavy (non-hydrogen) atoms. The molecule has 0 bridgehead atoms. The summed E-state index contributed by atoms with van der Waals surface area (Å²) in [6.45, 7) is 0. The molecule has 0 unspecified atom stereocenters. The van der Waals surface area contributed by atoms with Crippen LogP contribution in [0.4, 0.5) is 5.95 Å². The third-order valence-corrected chi connectivity index (χ3v) is 2.41. The smallest absolute Gasteiger partial charge is 0.205 e. The molecule has 0 spiro atoms. The second-order valence-corrected chi connectivity index (χ2v) is 3.55. The highest BCUT2D eigenvalue weighted by atomic mass is 79.9. The molecule has 0 aliphatic rings. The maximum Gasteiger partial charge on any atom is 0.205 e. The normalized spacial score (nSPS) is 10.8. The molecule has 2 N–H and O–H groups in total. The van der Waals surface area contributed by atoms with Gasteiger partial charge in [0.25, 0.3) is 0 Å². The molecule has 2 aromatic heterocycles. The number of halogens is 2. The van der Waals surface area contributed by atoms with Crippen LogP contribution in [0.2, 0.25) is 5.02 Å². The van der Waals surface area contributed by atoms with Crippen LogP contribution in [0.25, 0.3) is 5.52 Å². The van der Waals surface area contributed by atoms with Gasteiger partial charge in [-0.15, -0.1) is 0 Å². The van der Waals surface area contributed by atoms with Gasteiger partial charge in [-0.2, -0.15) is 0 Å². The van der Waals surface area contributed by atoms with Crippen LogP contribution in [0, 0.1) is 0 Å². The zero-order valence-electron chi connectivity index (χ0n) is 5.96. The molecule has 5 heteroatoms. The molecule has 0 radical (unpaired) electrons. The van der Waals surface area contributed by atoms with Crippen molar-refractivity contribution >= 4 is 39.0 Å². The number of nitrogens with two attached hydrogens (primary N) is 1. The second kappa shape index (κ2) is 2.64. The zero-order chi connectivity index (χ0) is 8.72. The average molecular weight is 246 g/mol. The summed E-state index contributed by atoms with van der Waals surface area (Å²) in [4.78, 5) is 4.03. The van der Waals surface area contributed by atoms with Gasteiger partial charge >= 0.3 is 0 Å². The van der Waals surface area contributed by atoms with Crippen molar-refractivity contribution in [2.45, 2.75) is 0 Å². The predicted octanol–water partition coefficient (Wildman–Crippen LogP) is 2.33. The summed E-state index contributed by atoms with van der Waals surface area (Å²) < 4.78 is 2.47. The Morgan fingerprint density at radius 2 is 2.33 bits per heavy atom. The van der Waals surface area contributed by atoms with Crippen molar-refractivity contribution in [2.24, 2.45) is 0 Å². The molecule has 0 fully saturated rings. The summed E-state index contributed by atoms with van der Waals surface area (Å²) in [5, 5.41) is 0.670. The third kappa shape index (κ3) is 1.07. The van der Waals surface area contributed by atoms with Crippen LogP contribution in [0.3, 0.4) is 0 Å². The first-order valence-corrected chi connectivity index (χ1v) is 4.44. The van der Waals surface area contributed by atoms with E-state index in [2.05, 4.69) is 20.9 Å². The molecule has 62 valence electrons. The SMILES string of the molecule is Nc1nc(Br)c2cc(Cl)ccn12. The fourth-order valence-electron chi connectivity index (χ4n) is 1.04. The molecule has 2 rings (SSSR count). The minimum Gasteiger partial charge on any atom is -0.369 e. The van der Waals surface area contributed by atoms with Gasteiger partial charge in [-0.05, 0) is 28.1 Å². The molecular weight excluding hydrogens is 241 g/mol. The van der Waals surface area contributed by atoms with E-state index in [4.69, 9.17) is 17.3 Å². The summed E-state index contributed by atoms with van der Waals surface area (Å²) in [6.07, 6.45) is 1.78. The van der Waals surface area contributed by atoms with Crippen LogP contribution < -0.4 is 5.73 Å². The van der Waals surface area contributed by atoms with E-state index in [9.17, 15) is 0 Å². The summed E-state index contributed by atoms with van der Waals surface area (Å²) in [6, 6.07) is 3.56. The van der Waals surface area contributed by atoms with Gasteiger partial charge < -0.3 is 5.73 Å². The van der Waals surface area contributed by atoms with Gasteiger partial charge in [0.1, 0.15) is 4.60 Å². The Labute approximate surface area is 82.3 Å². The second-order valence-electron chi connectivity index (χ2n) is 2.36. The van der Waals surface area contributed by atoms with E-state index in [1.807, 2.05) is 0 Å². The Balaban J connectivity index is 2.90. The number of rotatable bonds is 0. The highest BCUT2D eigenvalue weighted by Gasteiger charge is 2.05. The van der Waals surface area contributed by atoms with Crippen molar-refractivity contribution in [3.8, 4) is 0 Å². The average Bonchev–Trinajstić information content (AvgIpc) is 2.28. The van der Waals surface area contributed by atoms with E-state index in [-0.39, 0.29) is 0 Å². The molecule has 0 amide bonds. The van der Waals surface area contributed by atoms with Crippen LogP contribution >= 0.6 is 27.5 Å². The van der Waals surface area contributed by atoms with Gasteiger partial charge in [-0.1, -0.05) is 11.6 Å². The van der Waals surface area contributed by atoms with Crippen LogP contribution in [-0.2, 0) is 0 Å². The molecule has 0 saturated carbocycles. The lowest BCUT2D eigenvalue weighted by Crippen LogP contribution is -1.92. The van der Waals surface area contributed by atoms with Crippen molar-refractivity contribution in [1.82, 2.24) is 9.38 Å². The van der Waals surface area contributed by atoms with E-state index in [1.165, 1.54) is 0 Å². The Morgan fingerprint density at radius 1 is 1.58 bits per heavy atom. The minimum atomic E-state index is 0.452. The summed E-state index contributed by atoms with van der Waals surface area (Å²) in [5.74, 6) is 0.452. The van der Waals surface area contributed by atoms with E-state index < -0.39 is 0 Å². The highest BCUT2D eigenvalue weighted by molar-refractivity contribution is 9.10. The number of nitrogen functional groups attached to an aromatic ring is 1. The van der Waals surface area contributed by atoms with E-state index in [1.54, 1.807) is 22.7 Å². The predicted molar refractivity (Wildman–Crippen MR) is 52.3 cm³/mol. The van der Waals surface area contributed by atoms with Crippen molar-refractivity contribution in [2.75, 3.05) is 5.73 Å². The van der Waals surface area contributed by atoms with Crippen LogP contribution in [-0.4, -0.2) is 9.38 Å². The van der Waals surface area contributed by atoms with Gasteiger partial charge in [0.2, 0.25) is 5.95 Å².